The number of aromatic nitrogens is 2. The second-order valence-corrected chi connectivity index (χ2v) is 6.42. The molecule has 1 atom stereocenters. The van der Waals surface area contributed by atoms with Gasteiger partial charge in [0.15, 0.2) is 0 Å². The summed E-state index contributed by atoms with van der Waals surface area (Å²) in [6.45, 7) is 1.51. The molecule has 1 unspecified atom stereocenters. The summed E-state index contributed by atoms with van der Waals surface area (Å²) in [5, 5.41) is 9.60. The lowest BCUT2D eigenvalue weighted by Crippen LogP contribution is -2.33. The van der Waals surface area contributed by atoms with E-state index >= 15 is 0 Å². The molecule has 1 aliphatic heterocycles. The summed E-state index contributed by atoms with van der Waals surface area (Å²) in [7, 11) is 1.89. The minimum atomic E-state index is -0.422. The molecule has 1 aliphatic rings. The first-order valence-electron chi connectivity index (χ1n) is 7.93. The molecular formula is C17H20ClFN4O. The van der Waals surface area contributed by atoms with Gasteiger partial charge in [-0.3, -0.25) is 0 Å². The van der Waals surface area contributed by atoms with Crippen LogP contribution >= 0.6 is 11.6 Å². The lowest BCUT2D eigenvalue weighted by Gasteiger charge is -2.25. The molecule has 0 amide bonds. The third-order valence-electron chi connectivity index (χ3n) is 4.32. The average molecular weight is 351 g/mol. The van der Waals surface area contributed by atoms with E-state index in [-0.39, 0.29) is 17.7 Å². The summed E-state index contributed by atoms with van der Waals surface area (Å²) in [6, 6.07) is 6.81. The minimum absolute atomic E-state index is 0.114. The Bertz CT molecular complexity index is 715. The molecule has 0 saturated carbocycles. The zero-order chi connectivity index (χ0) is 17.1. The third-order valence-corrected chi connectivity index (χ3v) is 4.62. The number of aliphatic hydroxyl groups excluding tert-OH is 1. The Kier molecular flexibility index (Phi) is 5.16. The molecule has 7 heteroatoms. The fourth-order valence-corrected chi connectivity index (χ4v) is 3.14. The molecule has 128 valence electrons. The van der Waals surface area contributed by atoms with Crippen molar-refractivity contribution in [2.24, 2.45) is 0 Å². The van der Waals surface area contributed by atoms with E-state index in [0.29, 0.717) is 6.54 Å². The smallest absolute Gasteiger partial charge is 0.142 e. The van der Waals surface area contributed by atoms with Crippen LogP contribution in [-0.4, -0.2) is 41.3 Å². The SMILES string of the molecule is CN(Cc1ccc(Cl)c(F)c1)c1cc(N2CCCC2CO)ncn1. The van der Waals surface area contributed by atoms with Gasteiger partial charge in [-0.1, -0.05) is 17.7 Å². The van der Waals surface area contributed by atoms with Gasteiger partial charge < -0.3 is 14.9 Å². The van der Waals surface area contributed by atoms with Crippen LogP contribution in [0.2, 0.25) is 5.02 Å². The lowest BCUT2D eigenvalue weighted by atomic mass is 10.2. The summed E-state index contributed by atoms with van der Waals surface area (Å²) in [6.07, 6.45) is 3.54. The highest BCUT2D eigenvalue weighted by atomic mass is 35.5. The molecule has 0 bridgehead atoms. The highest BCUT2D eigenvalue weighted by Gasteiger charge is 2.25. The van der Waals surface area contributed by atoms with Gasteiger partial charge in [0.05, 0.1) is 17.7 Å². The largest absolute Gasteiger partial charge is 0.394 e. The van der Waals surface area contributed by atoms with E-state index in [2.05, 4.69) is 14.9 Å². The Morgan fingerprint density at radius 3 is 2.96 bits per heavy atom. The first kappa shape index (κ1) is 16.9. The topological polar surface area (TPSA) is 52.5 Å². The van der Waals surface area contributed by atoms with Crippen LogP contribution in [-0.2, 0) is 6.54 Å². The van der Waals surface area contributed by atoms with Gasteiger partial charge in [-0.05, 0) is 30.5 Å². The molecule has 0 spiro atoms. The minimum Gasteiger partial charge on any atom is -0.394 e. The Hall–Kier alpha value is -1.92. The molecule has 1 aromatic carbocycles. The van der Waals surface area contributed by atoms with Crippen LogP contribution in [0.4, 0.5) is 16.0 Å². The van der Waals surface area contributed by atoms with Crippen molar-refractivity contribution in [1.82, 2.24) is 9.97 Å². The van der Waals surface area contributed by atoms with Gasteiger partial charge in [0.25, 0.3) is 0 Å². The van der Waals surface area contributed by atoms with Crippen LogP contribution in [0.5, 0.6) is 0 Å². The van der Waals surface area contributed by atoms with E-state index in [0.717, 1.165) is 36.6 Å². The predicted molar refractivity (Wildman–Crippen MR) is 93.0 cm³/mol. The van der Waals surface area contributed by atoms with Gasteiger partial charge in [-0.15, -0.1) is 0 Å². The van der Waals surface area contributed by atoms with Crippen LogP contribution in [0.25, 0.3) is 0 Å². The van der Waals surface area contributed by atoms with E-state index in [1.165, 1.54) is 12.4 Å². The molecule has 24 heavy (non-hydrogen) atoms. The predicted octanol–water partition coefficient (Wildman–Crippen LogP) is 2.87. The number of nitrogens with zero attached hydrogens (tertiary/aromatic N) is 4. The first-order chi connectivity index (χ1) is 11.6. The lowest BCUT2D eigenvalue weighted by molar-refractivity contribution is 0.266. The molecule has 1 saturated heterocycles. The van der Waals surface area contributed by atoms with Crippen molar-refractivity contribution in [1.29, 1.82) is 0 Å². The van der Waals surface area contributed by atoms with E-state index < -0.39 is 5.82 Å². The number of hydrogen-bond acceptors (Lipinski definition) is 5. The zero-order valence-corrected chi connectivity index (χ0v) is 14.2. The molecular weight excluding hydrogens is 331 g/mol. The van der Waals surface area contributed by atoms with Crippen LogP contribution in [0.1, 0.15) is 18.4 Å². The van der Waals surface area contributed by atoms with E-state index in [1.807, 2.05) is 18.0 Å². The van der Waals surface area contributed by atoms with E-state index in [1.54, 1.807) is 12.1 Å². The molecule has 5 nitrogen and oxygen atoms in total. The standard InChI is InChI=1S/C17H20ClFN4O/c1-22(9-12-4-5-14(18)15(19)7-12)16-8-17(21-11-20-16)23-6-2-3-13(23)10-24/h4-5,7-8,11,13,24H,2-3,6,9-10H2,1H3. The average Bonchev–Trinajstić information content (AvgIpc) is 3.07. The molecule has 0 aliphatic carbocycles. The van der Waals surface area contributed by atoms with Crippen LogP contribution in [0.3, 0.4) is 0 Å². The summed E-state index contributed by atoms with van der Waals surface area (Å²) in [4.78, 5) is 12.7. The molecule has 3 rings (SSSR count). The van der Waals surface area contributed by atoms with Gasteiger partial charge in [0, 0.05) is 26.2 Å². The van der Waals surface area contributed by atoms with Crippen molar-refractivity contribution in [2.75, 3.05) is 30.0 Å². The van der Waals surface area contributed by atoms with Gasteiger partial charge in [-0.25, -0.2) is 14.4 Å². The normalized spacial score (nSPS) is 17.3. The van der Waals surface area contributed by atoms with Gasteiger partial charge >= 0.3 is 0 Å². The fourth-order valence-electron chi connectivity index (χ4n) is 3.02. The molecule has 1 N–H and O–H groups in total. The molecule has 2 heterocycles. The second-order valence-electron chi connectivity index (χ2n) is 6.01. The second kappa shape index (κ2) is 7.32. The van der Waals surface area contributed by atoms with Crippen molar-refractivity contribution < 1.29 is 9.50 Å². The van der Waals surface area contributed by atoms with Crippen molar-refractivity contribution in [3.63, 3.8) is 0 Å². The van der Waals surface area contributed by atoms with Gasteiger partial charge in [-0.2, -0.15) is 0 Å². The van der Waals surface area contributed by atoms with Crippen LogP contribution in [0, 0.1) is 5.82 Å². The first-order valence-corrected chi connectivity index (χ1v) is 8.31. The molecule has 2 aromatic rings. The number of anilines is 2. The maximum atomic E-state index is 13.6. The van der Waals surface area contributed by atoms with E-state index in [9.17, 15) is 9.50 Å². The molecule has 1 aromatic heterocycles. The van der Waals surface area contributed by atoms with Crippen molar-refractivity contribution in [2.45, 2.75) is 25.4 Å². The fraction of sp³-hybridized carbons (Fsp3) is 0.412. The highest BCUT2D eigenvalue weighted by molar-refractivity contribution is 6.30. The van der Waals surface area contributed by atoms with Crippen LogP contribution < -0.4 is 9.80 Å². The summed E-state index contributed by atoms with van der Waals surface area (Å²) < 4.78 is 13.6. The number of hydrogen-bond donors (Lipinski definition) is 1. The Balaban J connectivity index is 1.76. The van der Waals surface area contributed by atoms with Crippen molar-refractivity contribution in [3.05, 3.63) is 47.0 Å². The van der Waals surface area contributed by atoms with Crippen molar-refractivity contribution in [3.8, 4) is 0 Å². The summed E-state index contributed by atoms with van der Waals surface area (Å²) in [5.41, 5.74) is 0.814. The Labute approximate surface area is 145 Å². The molecule has 1 fully saturated rings. The summed E-state index contributed by atoms with van der Waals surface area (Å²) >= 11 is 5.72. The van der Waals surface area contributed by atoms with Gasteiger partial charge in [0.1, 0.15) is 23.8 Å². The summed E-state index contributed by atoms with van der Waals surface area (Å²) in [5.74, 6) is 1.14. The highest BCUT2D eigenvalue weighted by Crippen LogP contribution is 2.26. The maximum Gasteiger partial charge on any atom is 0.142 e. The molecule has 0 radical (unpaired) electrons. The quantitative estimate of drug-likeness (QED) is 0.898. The number of halogens is 2. The monoisotopic (exact) mass is 350 g/mol. The Morgan fingerprint density at radius 2 is 2.21 bits per heavy atom. The van der Waals surface area contributed by atoms with E-state index in [4.69, 9.17) is 11.6 Å². The maximum absolute atomic E-state index is 13.6. The zero-order valence-electron chi connectivity index (χ0n) is 13.5. The van der Waals surface area contributed by atoms with Gasteiger partial charge in [0.2, 0.25) is 0 Å². The van der Waals surface area contributed by atoms with Crippen molar-refractivity contribution >= 4 is 23.2 Å². The van der Waals surface area contributed by atoms with Crippen LogP contribution in [0.15, 0.2) is 30.6 Å². The number of rotatable bonds is 5. The third kappa shape index (κ3) is 3.60. The Morgan fingerprint density at radius 1 is 1.38 bits per heavy atom. The number of benzene rings is 1. The number of aliphatic hydroxyl groups is 1.